The van der Waals surface area contributed by atoms with Crippen LogP contribution < -0.4 is 4.74 Å². The summed E-state index contributed by atoms with van der Waals surface area (Å²) in [6.07, 6.45) is 6.58. The molecule has 0 bridgehead atoms. The molecule has 7 heteroatoms. The smallest absolute Gasteiger partial charge is 0.410 e. The molecule has 2 fully saturated rings. The molecule has 0 N–H and O–H groups in total. The summed E-state index contributed by atoms with van der Waals surface area (Å²) in [5.41, 5.74) is 3.15. The summed E-state index contributed by atoms with van der Waals surface area (Å²) in [5.74, 6) is 2.00. The second-order valence-electron chi connectivity index (χ2n) is 10.5. The summed E-state index contributed by atoms with van der Waals surface area (Å²) < 4.78 is 14.2. The van der Waals surface area contributed by atoms with Gasteiger partial charge in [0.25, 0.3) is 0 Å². The van der Waals surface area contributed by atoms with Gasteiger partial charge in [-0.05, 0) is 79.6 Å². The van der Waals surface area contributed by atoms with Crippen molar-refractivity contribution < 1.29 is 14.3 Å². The normalized spacial score (nSPS) is 21.0. The van der Waals surface area contributed by atoms with Crippen LogP contribution in [0.5, 0.6) is 11.5 Å². The predicted molar refractivity (Wildman–Crippen MR) is 144 cm³/mol. The van der Waals surface area contributed by atoms with E-state index in [0.717, 1.165) is 66.7 Å². The number of nitrogens with zero attached hydrogens (tertiary/aromatic N) is 4. The fourth-order valence-electron chi connectivity index (χ4n) is 5.92. The van der Waals surface area contributed by atoms with Crippen LogP contribution in [-0.4, -0.2) is 32.7 Å². The molecule has 3 aromatic carbocycles. The van der Waals surface area contributed by atoms with Crippen molar-refractivity contribution >= 4 is 17.1 Å². The zero-order chi connectivity index (χ0) is 26.0. The minimum atomic E-state index is -0.414. The molecule has 1 saturated heterocycles. The van der Waals surface area contributed by atoms with E-state index < -0.39 is 5.60 Å². The molecular formula is C31H30N4O3. The Morgan fingerprint density at radius 2 is 1.95 bits per heavy atom. The van der Waals surface area contributed by atoms with Crippen molar-refractivity contribution in [3.05, 3.63) is 90.3 Å². The van der Waals surface area contributed by atoms with Crippen molar-refractivity contribution in [1.29, 1.82) is 5.26 Å². The molecular weight excluding hydrogens is 476 g/mol. The topological polar surface area (TPSA) is 80.4 Å². The number of imidazole rings is 1. The van der Waals surface area contributed by atoms with Gasteiger partial charge in [-0.2, -0.15) is 5.26 Å². The van der Waals surface area contributed by atoms with Crippen molar-refractivity contribution in [2.24, 2.45) is 5.92 Å². The van der Waals surface area contributed by atoms with Crippen LogP contribution in [-0.2, 0) is 17.8 Å². The van der Waals surface area contributed by atoms with E-state index in [2.05, 4.69) is 15.6 Å². The third-order valence-corrected chi connectivity index (χ3v) is 7.73. The highest BCUT2D eigenvalue weighted by Gasteiger charge is 2.47. The molecule has 38 heavy (non-hydrogen) atoms. The maximum Gasteiger partial charge on any atom is 0.410 e. The average molecular weight is 507 g/mol. The molecule has 7 nitrogen and oxygen atoms in total. The number of amides is 1. The summed E-state index contributed by atoms with van der Waals surface area (Å²) in [4.78, 5) is 19.2. The molecule has 0 unspecified atom stereocenters. The van der Waals surface area contributed by atoms with Crippen LogP contribution in [0.4, 0.5) is 4.79 Å². The lowest BCUT2D eigenvalue weighted by molar-refractivity contribution is 0.00485. The quantitative estimate of drug-likeness (QED) is 0.280. The van der Waals surface area contributed by atoms with E-state index in [4.69, 9.17) is 9.47 Å². The van der Waals surface area contributed by atoms with Gasteiger partial charge in [0.05, 0.1) is 35.5 Å². The van der Waals surface area contributed by atoms with Gasteiger partial charge in [0.1, 0.15) is 17.1 Å². The first-order valence-corrected chi connectivity index (χ1v) is 13.2. The molecule has 4 aromatic rings. The first kappa shape index (κ1) is 24.1. The molecule has 192 valence electrons. The van der Waals surface area contributed by atoms with Crippen LogP contribution >= 0.6 is 0 Å². The van der Waals surface area contributed by atoms with Crippen LogP contribution in [0, 0.1) is 17.2 Å². The van der Waals surface area contributed by atoms with Crippen molar-refractivity contribution in [1.82, 2.24) is 14.5 Å². The number of para-hydroxylation sites is 1. The second kappa shape index (κ2) is 10.2. The number of ether oxygens (including phenoxy) is 2. The second-order valence-corrected chi connectivity index (χ2v) is 10.5. The number of aromatic nitrogens is 2. The molecule has 1 aromatic heterocycles. The van der Waals surface area contributed by atoms with Gasteiger partial charge in [0.15, 0.2) is 0 Å². The van der Waals surface area contributed by atoms with Gasteiger partial charge in [-0.15, -0.1) is 0 Å². The maximum atomic E-state index is 12.9. The van der Waals surface area contributed by atoms with Crippen LogP contribution in [0.3, 0.4) is 0 Å². The summed E-state index contributed by atoms with van der Waals surface area (Å²) in [6.45, 7) is 1.95. The first-order chi connectivity index (χ1) is 18.6. The lowest BCUT2D eigenvalue weighted by Crippen LogP contribution is -2.39. The number of carbonyl (C=O) groups is 1. The molecule has 2 atom stereocenters. The largest absolute Gasteiger partial charge is 0.457 e. The Kier molecular flexibility index (Phi) is 6.47. The SMILES string of the molecule is N#Cc1ccc2ncn(CC[C@H]3CCC[C@]4(C3)CN(Cc3cccc(Oc5ccccc5)c3)C(=O)O4)c2c1. The van der Waals surface area contributed by atoms with E-state index >= 15 is 0 Å². The molecule has 6 rings (SSSR count). The van der Waals surface area contributed by atoms with Crippen LogP contribution in [0.15, 0.2) is 79.1 Å². The molecule has 2 aliphatic rings. The van der Waals surface area contributed by atoms with E-state index in [-0.39, 0.29) is 6.09 Å². The lowest BCUT2D eigenvalue weighted by atomic mass is 9.76. The molecule has 1 aliphatic carbocycles. The van der Waals surface area contributed by atoms with Crippen molar-refractivity contribution in [3.63, 3.8) is 0 Å². The standard InChI is InChI=1S/C31H30N4O3/c32-19-24-11-12-28-29(17-24)34(22-33-28)15-13-23-7-5-14-31(18-23)21-35(30(36)38-31)20-25-6-4-10-27(16-25)37-26-8-2-1-3-9-26/h1-4,6,8-12,16-17,22-23H,5,7,13-15,18,20-21H2/t23-,31+/m1/s1. The van der Waals surface area contributed by atoms with Gasteiger partial charge >= 0.3 is 6.09 Å². The summed E-state index contributed by atoms with van der Waals surface area (Å²) >= 11 is 0. The number of nitriles is 1. The highest BCUT2D eigenvalue weighted by Crippen LogP contribution is 2.41. The summed E-state index contributed by atoms with van der Waals surface area (Å²) in [7, 11) is 0. The fraction of sp³-hybridized carbons (Fsp3) is 0.323. The maximum absolute atomic E-state index is 12.9. The Balaban J connectivity index is 1.09. The predicted octanol–water partition coefficient (Wildman–Crippen LogP) is 6.67. The van der Waals surface area contributed by atoms with Gasteiger partial charge in [-0.25, -0.2) is 9.78 Å². The average Bonchev–Trinajstić information content (AvgIpc) is 3.47. The van der Waals surface area contributed by atoms with E-state index in [0.29, 0.717) is 24.6 Å². The van der Waals surface area contributed by atoms with Crippen LogP contribution in [0.1, 0.15) is 43.2 Å². The number of hydrogen-bond acceptors (Lipinski definition) is 5. The van der Waals surface area contributed by atoms with E-state index in [1.807, 2.05) is 78.0 Å². The zero-order valence-corrected chi connectivity index (χ0v) is 21.3. The van der Waals surface area contributed by atoms with Crippen molar-refractivity contribution in [2.75, 3.05) is 6.54 Å². The molecule has 1 saturated carbocycles. The van der Waals surface area contributed by atoms with Gasteiger partial charge in [-0.1, -0.05) is 36.8 Å². The summed E-state index contributed by atoms with van der Waals surface area (Å²) in [5, 5.41) is 9.26. The number of rotatable bonds is 7. The summed E-state index contributed by atoms with van der Waals surface area (Å²) in [6, 6.07) is 25.4. The Labute approximate surface area is 222 Å². The Morgan fingerprint density at radius 1 is 1.08 bits per heavy atom. The molecule has 2 heterocycles. The minimum Gasteiger partial charge on any atom is -0.457 e. The number of hydrogen-bond donors (Lipinski definition) is 0. The number of benzene rings is 3. The number of aryl methyl sites for hydroxylation is 1. The molecule has 1 amide bonds. The van der Waals surface area contributed by atoms with E-state index in [1.165, 1.54) is 0 Å². The third-order valence-electron chi connectivity index (χ3n) is 7.73. The van der Waals surface area contributed by atoms with Gasteiger partial charge < -0.3 is 14.0 Å². The zero-order valence-electron chi connectivity index (χ0n) is 21.3. The van der Waals surface area contributed by atoms with Gasteiger partial charge in [-0.3, -0.25) is 4.90 Å². The minimum absolute atomic E-state index is 0.232. The fourth-order valence-corrected chi connectivity index (χ4v) is 5.92. The highest BCUT2D eigenvalue weighted by atomic mass is 16.6. The van der Waals surface area contributed by atoms with Crippen LogP contribution in [0.25, 0.3) is 11.0 Å². The van der Waals surface area contributed by atoms with Crippen molar-refractivity contribution in [3.8, 4) is 17.6 Å². The van der Waals surface area contributed by atoms with Gasteiger partial charge in [0.2, 0.25) is 0 Å². The Bertz CT molecular complexity index is 1490. The van der Waals surface area contributed by atoms with Gasteiger partial charge in [0, 0.05) is 13.1 Å². The Hall–Kier alpha value is -4.31. The van der Waals surface area contributed by atoms with E-state index in [9.17, 15) is 10.1 Å². The first-order valence-electron chi connectivity index (χ1n) is 13.2. The molecule has 1 spiro atoms. The number of fused-ring (bicyclic) bond motifs is 1. The molecule has 0 radical (unpaired) electrons. The van der Waals surface area contributed by atoms with Crippen molar-refractivity contribution in [2.45, 2.75) is 50.8 Å². The monoisotopic (exact) mass is 506 g/mol. The highest BCUT2D eigenvalue weighted by molar-refractivity contribution is 5.77. The number of carbonyl (C=O) groups excluding carboxylic acids is 1. The lowest BCUT2D eigenvalue weighted by Gasteiger charge is -2.36. The third kappa shape index (κ3) is 5.08. The van der Waals surface area contributed by atoms with Crippen LogP contribution in [0.2, 0.25) is 0 Å². The molecule has 1 aliphatic heterocycles. The van der Waals surface area contributed by atoms with E-state index in [1.54, 1.807) is 6.07 Å². The Morgan fingerprint density at radius 3 is 2.82 bits per heavy atom.